The van der Waals surface area contributed by atoms with Crippen molar-refractivity contribution in [2.75, 3.05) is 38.0 Å². The van der Waals surface area contributed by atoms with E-state index in [1.165, 1.54) is 16.9 Å². The molecule has 0 saturated carbocycles. The van der Waals surface area contributed by atoms with Gasteiger partial charge in [0, 0.05) is 44.3 Å². The highest BCUT2D eigenvalue weighted by atomic mass is 32.1. The zero-order valence-corrected chi connectivity index (χ0v) is 13.3. The van der Waals surface area contributed by atoms with Crippen LogP contribution in [0.2, 0.25) is 0 Å². The molecule has 5 nitrogen and oxygen atoms in total. The molecule has 1 aromatic carbocycles. The van der Waals surface area contributed by atoms with Gasteiger partial charge < -0.3 is 4.90 Å². The first-order valence-corrected chi connectivity index (χ1v) is 8.41. The fraction of sp³-hybridized carbons (Fsp3) is 0.375. The van der Waals surface area contributed by atoms with E-state index in [0.717, 1.165) is 39.1 Å². The average Bonchev–Trinajstić information content (AvgIpc) is 3.07. The average molecular weight is 316 g/mol. The Morgan fingerprint density at radius 1 is 1.18 bits per heavy atom. The van der Waals surface area contributed by atoms with Crippen molar-refractivity contribution in [1.82, 2.24) is 14.8 Å². The Bertz CT molecular complexity index is 579. The number of carbonyl (C=O) groups excluding carboxylic acids is 1. The summed E-state index contributed by atoms with van der Waals surface area (Å²) in [6, 6.07) is 10.5. The van der Waals surface area contributed by atoms with Crippen molar-refractivity contribution >= 4 is 22.5 Å². The number of piperazine rings is 1. The number of thiazole rings is 1. The van der Waals surface area contributed by atoms with Crippen LogP contribution in [0.1, 0.15) is 5.56 Å². The van der Waals surface area contributed by atoms with Gasteiger partial charge >= 0.3 is 6.03 Å². The van der Waals surface area contributed by atoms with Crippen LogP contribution in [0, 0.1) is 0 Å². The van der Waals surface area contributed by atoms with E-state index in [9.17, 15) is 4.79 Å². The fourth-order valence-electron chi connectivity index (χ4n) is 2.56. The zero-order chi connectivity index (χ0) is 15.2. The summed E-state index contributed by atoms with van der Waals surface area (Å²) in [4.78, 5) is 20.5. The molecule has 0 aliphatic carbocycles. The zero-order valence-electron chi connectivity index (χ0n) is 12.4. The summed E-state index contributed by atoms with van der Waals surface area (Å²) < 4.78 is 0. The lowest BCUT2D eigenvalue weighted by Crippen LogP contribution is -2.50. The Morgan fingerprint density at radius 2 is 1.95 bits per heavy atom. The molecule has 0 atom stereocenters. The number of nitrogens with one attached hydrogen (secondary N) is 1. The van der Waals surface area contributed by atoms with Crippen molar-refractivity contribution in [2.45, 2.75) is 6.42 Å². The van der Waals surface area contributed by atoms with Gasteiger partial charge in [-0.25, -0.2) is 9.78 Å². The predicted octanol–water partition coefficient (Wildman–Crippen LogP) is 2.54. The lowest BCUT2D eigenvalue weighted by Gasteiger charge is -2.34. The molecule has 2 aromatic rings. The number of nitrogens with zero attached hydrogens (tertiary/aromatic N) is 3. The first-order chi connectivity index (χ1) is 10.8. The Labute approximate surface area is 134 Å². The van der Waals surface area contributed by atoms with E-state index in [1.54, 1.807) is 6.20 Å². The van der Waals surface area contributed by atoms with Crippen LogP contribution < -0.4 is 5.32 Å². The Balaban J connectivity index is 1.41. The second-order valence-corrected chi connectivity index (χ2v) is 6.23. The third kappa shape index (κ3) is 4.05. The van der Waals surface area contributed by atoms with E-state index in [2.05, 4.69) is 39.5 Å². The summed E-state index contributed by atoms with van der Waals surface area (Å²) in [6.45, 7) is 4.44. The molecular weight excluding hydrogens is 296 g/mol. The van der Waals surface area contributed by atoms with E-state index in [-0.39, 0.29) is 6.03 Å². The minimum Gasteiger partial charge on any atom is -0.322 e. The summed E-state index contributed by atoms with van der Waals surface area (Å²) in [5, 5.41) is 5.36. The van der Waals surface area contributed by atoms with Gasteiger partial charge in [-0.2, -0.15) is 0 Å². The van der Waals surface area contributed by atoms with E-state index in [1.807, 2.05) is 16.3 Å². The molecule has 0 bridgehead atoms. The van der Waals surface area contributed by atoms with Gasteiger partial charge in [0.05, 0.1) is 0 Å². The number of anilines is 1. The Hall–Kier alpha value is -1.92. The summed E-state index contributed by atoms with van der Waals surface area (Å²) in [5.41, 5.74) is 1.37. The molecule has 1 saturated heterocycles. The SMILES string of the molecule is O=C(Nc1nccs1)N1CCN(CCc2ccccc2)CC1. The first kappa shape index (κ1) is 15.0. The third-order valence-corrected chi connectivity index (χ3v) is 4.55. The maximum Gasteiger partial charge on any atom is 0.323 e. The molecule has 116 valence electrons. The van der Waals surface area contributed by atoms with Gasteiger partial charge in [0.2, 0.25) is 0 Å². The molecule has 0 spiro atoms. The lowest BCUT2D eigenvalue weighted by atomic mass is 10.1. The number of carbonyl (C=O) groups is 1. The van der Waals surface area contributed by atoms with E-state index < -0.39 is 0 Å². The summed E-state index contributed by atoms with van der Waals surface area (Å²) >= 11 is 1.44. The van der Waals surface area contributed by atoms with Gasteiger partial charge in [-0.3, -0.25) is 10.2 Å². The largest absolute Gasteiger partial charge is 0.323 e. The number of rotatable bonds is 4. The highest BCUT2D eigenvalue weighted by Crippen LogP contribution is 2.12. The molecule has 1 aromatic heterocycles. The monoisotopic (exact) mass is 316 g/mol. The third-order valence-electron chi connectivity index (χ3n) is 3.87. The van der Waals surface area contributed by atoms with Crippen molar-refractivity contribution in [2.24, 2.45) is 0 Å². The predicted molar refractivity (Wildman–Crippen MR) is 89.3 cm³/mol. The second kappa shape index (κ2) is 7.38. The first-order valence-electron chi connectivity index (χ1n) is 7.53. The van der Waals surface area contributed by atoms with Gasteiger partial charge in [-0.05, 0) is 12.0 Å². The van der Waals surface area contributed by atoms with Crippen molar-refractivity contribution in [3.63, 3.8) is 0 Å². The highest BCUT2D eigenvalue weighted by molar-refractivity contribution is 7.13. The number of hydrogen-bond acceptors (Lipinski definition) is 4. The molecule has 3 rings (SSSR count). The van der Waals surface area contributed by atoms with Gasteiger partial charge in [0.25, 0.3) is 0 Å². The van der Waals surface area contributed by atoms with Crippen molar-refractivity contribution < 1.29 is 4.79 Å². The van der Waals surface area contributed by atoms with Crippen LogP contribution in [-0.2, 0) is 6.42 Å². The smallest absolute Gasteiger partial charge is 0.322 e. The Morgan fingerprint density at radius 3 is 2.64 bits per heavy atom. The van der Waals surface area contributed by atoms with Gasteiger partial charge in [-0.15, -0.1) is 11.3 Å². The molecule has 1 fully saturated rings. The molecule has 1 N–H and O–H groups in total. The van der Waals surface area contributed by atoms with Crippen LogP contribution in [-0.4, -0.2) is 53.5 Å². The molecule has 1 aliphatic rings. The number of urea groups is 1. The van der Waals surface area contributed by atoms with Crippen molar-refractivity contribution in [3.05, 3.63) is 47.5 Å². The molecule has 2 heterocycles. The molecule has 0 radical (unpaired) electrons. The minimum atomic E-state index is -0.0438. The standard InChI is InChI=1S/C16H20N4OS/c21-16(18-15-17-7-13-22-15)20-11-9-19(10-12-20)8-6-14-4-2-1-3-5-14/h1-5,7,13H,6,8-12H2,(H,17,18,21). The van der Waals surface area contributed by atoms with Crippen molar-refractivity contribution in [1.29, 1.82) is 0 Å². The number of benzene rings is 1. The molecule has 0 unspecified atom stereocenters. The van der Waals surface area contributed by atoms with Gasteiger partial charge in [-0.1, -0.05) is 30.3 Å². The van der Waals surface area contributed by atoms with Crippen LogP contribution in [0.25, 0.3) is 0 Å². The molecule has 2 amide bonds. The molecule has 1 aliphatic heterocycles. The highest BCUT2D eigenvalue weighted by Gasteiger charge is 2.21. The fourth-order valence-corrected chi connectivity index (χ4v) is 3.08. The number of aromatic nitrogens is 1. The summed E-state index contributed by atoms with van der Waals surface area (Å²) in [5.74, 6) is 0. The maximum atomic E-state index is 12.1. The van der Waals surface area contributed by atoms with Crippen LogP contribution in [0.15, 0.2) is 41.9 Å². The summed E-state index contributed by atoms with van der Waals surface area (Å²) in [6.07, 6.45) is 2.76. The maximum absolute atomic E-state index is 12.1. The van der Waals surface area contributed by atoms with Crippen LogP contribution in [0.5, 0.6) is 0 Å². The molecule has 6 heteroatoms. The van der Waals surface area contributed by atoms with Crippen LogP contribution >= 0.6 is 11.3 Å². The quantitative estimate of drug-likeness (QED) is 0.943. The molecule has 22 heavy (non-hydrogen) atoms. The topological polar surface area (TPSA) is 48.5 Å². The normalized spacial score (nSPS) is 15.7. The number of amides is 2. The molecular formula is C16H20N4OS. The van der Waals surface area contributed by atoms with Gasteiger partial charge in [0.15, 0.2) is 5.13 Å². The Kier molecular flexibility index (Phi) is 5.03. The van der Waals surface area contributed by atoms with Gasteiger partial charge in [0.1, 0.15) is 0 Å². The van der Waals surface area contributed by atoms with Crippen LogP contribution in [0.4, 0.5) is 9.93 Å². The second-order valence-electron chi connectivity index (χ2n) is 5.33. The number of hydrogen-bond donors (Lipinski definition) is 1. The lowest BCUT2D eigenvalue weighted by molar-refractivity contribution is 0.148. The minimum absolute atomic E-state index is 0.0438. The van der Waals surface area contributed by atoms with Crippen molar-refractivity contribution in [3.8, 4) is 0 Å². The van der Waals surface area contributed by atoms with E-state index in [4.69, 9.17) is 0 Å². The van der Waals surface area contributed by atoms with E-state index >= 15 is 0 Å². The van der Waals surface area contributed by atoms with E-state index in [0.29, 0.717) is 5.13 Å². The summed E-state index contributed by atoms with van der Waals surface area (Å²) in [7, 11) is 0. The van der Waals surface area contributed by atoms with Crippen LogP contribution in [0.3, 0.4) is 0 Å².